The van der Waals surface area contributed by atoms with Gasteiger partial charge in [-0.3, -0.25) is 0 Å². The van der Waals surface area contributed by atoms with Crippen molar-refractivity contribution < 1.29 is 0 Å². The molecule has 0 saturated carbocycles. The molecule has 26 heavy (non-hydrogen) atoms. The third-order valence-corrected chi connectivity index (χ3v) is 5.49. The van der Waals surface area contributed by atoms with Gasteiger partial charge in [-0.1, -0.05) is 72.8 Å². The molecule has 1 aromatic heterocycles. The van der Waals surface area contributed by atoms with Gasteiger partial charge in [-0.05, 0) is 17.7 Å². The summed E-state index contributed by atoms with van der Waals surface area (Å²) < 4.78 is 0. The van der Waals surface area contributed by atoms with Crippen LogP contribution in [-0.4, -0.2) is 19.1 Å². The Labute approximate surface area is 158 Å². The van der Waals surface area contributed by atoms with E-state index in [0.29, 0.717) is 0 Å². The molecule has 0 N–H and O–H groups in total. The SMILES string of the molecule is CN(C)c1ccc(-c2nc(-c3ccccc3)sc2-c2ccccc2)cc1. The fourth-order valence-electron chi connectivity index (χ4n) is 2.92. The second-order valence-corrected chi connectivity index (χ2v) is 7.37. The van der Waals surface area contributed by atoms with Crippen molar-refractivity contribution in [2.75, 3.05) is 19.0 Å². The molecule has 0 atom stereocenters. The number of nitrogens with zero attached hydrogens (tertiary/aromatic N) is 2. The van der Waals surface area contributed by atoms with E-state index in [-0.39, 0.29) is 0 Å². The maximum Gasteiger partial charge on any atom is 0.124 e. The first-order valence-corrected chi connectivity index (χ1v) is 9.43. The van der Waals surface area contributed by atoms with Gasteiger partial charge in [0.1, 0.15) is 5.01 Å². The fraction of sp³-hybridized carbons (Fsp3) is 0.0870. The highest BCUT2D eigenvalue weighted by molar-refractivity contribution is 7.19. The van der Waals surface area contributed by atoms with Crippen LogP contribution in [0.4, 0.5) is 5.69 Å². The molecule has 4 aromatic rings. The molecule has 0 aliphatic rings. The van der Waals surface area contributed by atoms with Crippen LogP contribution in [0.3, 0.4) is 0 Å². The van der Waals surface area contributed by atoms with Gasteiger partial charge < -0.3 is 4.90 Å². The van der Waals surface area contributed by atoms with E-state index in [4.69, 9.17) is 4.98 Å². The average molecular weight is 356 g/mol. The Morgan fingerprint density at radius 2 is 1.23 bits per heavy atom. The van der Waals surface area contributed by atoms with Gasteiger partial charge in [0.2, 0.25) is 0 Å². The summed E-state index contributed by atoms with van der Waals surface area (Å²) in [6.45, 7) is 0. The maximum atomic E-state index is 5.01. The lowest BCUT2D eigenvalue weighted by atomic mass is 10.1. The molecule has 0 radical (unpaired) electrons. The van der Waals surface area contributed by atoms with Crippen molar-refractivity contribution in [3.63, 3.8) is 0 Å². The second-order valence-electron chi connectivity index (χ2n) is 6.37. The van der Waals surface area contributed by atoms with Crippen molar-refractivity contribution in [2.24, 2.45) is 0 Å². The molecule has 0 unspecified atom stereocenters. The van der Waals surface area contributed by atoms with E-state index in [1.165, 1.54) is 16.1 Å². The first kappa shape index (κ1) is 16.6. The van der Waals surface area contributed by atoms with Gasteiger partial charge in [0.15, 0.2) is 0 Å². The number of anilines is 1. The molecule has 2 nitrogen and oxygen atoms in total. The van der Waals surface area contributed by atoms with Crippen LogP contribution in [0, 0.1) is 0 Å². The molecule has 3 heteroatoms. The summed E-state index contributed by atoms with van der Waals surface area (Å²) in [5.41, 5.74) is 5.75. The number of hydrogen-bond donors (Lipinski definition) is 0. The van der Waals surface area contributed by atoms with Crippen LogP contribution in [-0.2, 0) is 0 Å². The van der Waals surface area contributed by atoms with Gasteiger partial charge >= 0.3 is 0 Å². The average Bonchev–Trinajstić information content (AvgIpc) is 3.15. The number of hydrogen-bond acceptors (Lipinski definition) is 3. The zero-order valence-corrected chi connectivity index (χ0v) is 15.7. The monoisotopic (exact) mass is 356 g/mol. The van der Waals surface area contributed by atoms with Gasteiger partial charge in [-0.2, -0.15) is 0 Å². The Balaban J connectivity index is 1.85. The fourth-order valence-corrected chi connectivity index (χ4v) is 4.02. The normalized spacial score (nSPS) is 10.7. The Bertz CT molecular complexity index is 988. The summed E-state index contributed by atoms with van der Waals surface area (Å²) in [5, 5.41) is 1.05. The minimum absolute atomic E-state index is 1.05. The van der Waals surface area contributed by atoms with Crippen molar-refractivity contribution in [1.29, 1.82) is 0 Å². The number of aromatic nitrogens is 1. The second kappa shape index (κ2) is 7.14. The molecule has 0 spiro atoms. The Morgan fingerprint density at radius 3 is 1.81 bits per heavy atom. The van der Waals surface area contributed by atoms with Crippen molar-refractivity contribution in [1.82, 2.24) is 4.98 Å². The van der Waals surface area contributed by atoms with Crippen LogP contribution in [0.1, 0.15) is 0 Å². The van der Waals surface area contributed by atoms with Gasteiger partial charge in [0, 0.05) is 30.9 Å². The zero-order valence-electron chi connectivity index (χ0n) is 14.9. The van der Waals surface area contributed by atoms with Gasteiger partial charge in [-0.25, -0.2) is 4.98 Å². The number of thiazole rings is 1. The highest BCUT2D eigenvalue weighted by atomic mass is 32.1. The van der Waals surface area contributed by atoms with Crippen LogP contribution in [0.25, 0.3) is 32.3 Å². The quantitative estimate of drug-likeness (QED) is 0.432. The summed E-state index contributed by atoms with van der Waals surface area (Å²) >= 11 is 1.75. The van der Waals surface area contributed by atoms with Gasteiger partial charge in [-0.15, -0.1) is 11.3 Å². The first-order valence-electron chi connectivity index (χ1n) is 8.62. The largest absolute Gasteiger partial charge is 0.378 e. The standard InChI is InChI=1S/C23H20N2S/c1-25(2)20-15-13-17(14-16-20)21-22(18-9-5-3-6-10-18)26-23(24-21)19-11-7-4-8-12-19/h3-16H,1-2H3. The molecular weight excluding hydrogens is 336 g/mol. The Morgan fingerprint density at radius 1 is 0.654 bits per heavy atom. The summed E-state index contributed by atoms with van der Waals surface area (Å²) in [6, 6.07) is 29.5. The molecule has 0 bridgehead atoms. The predicted molar refractivity (Wildman–Crippen MR) is 113 cm³/mol. The van der Waals surface area contributed by atoms with Crippen molar-refractivity contribution in [2.45, 2.75) is 0 Å². The third kappa shape index (κ3) is 3.26. The lowest BCUT2D eigenvalue weighted by Crippen LogP contribution is -2.07. The summed E-state index contributed by atoms with van der Waals surface area (Å²) in [7, 11) is 4.11. The lowest BCUT2D eigenvalue weighted by Gasteiger charge is -2.12. The highest BCUT2D eigenvalue weighted by Crippen LogP contribution is 2.40. The molecule has 0 fully saturated rings. The molecule has 4 rings (SSSR count). The lowest BCUT2D eigenvalue weighted by molar-refractivity contribution is 1.13. The molecule has 0 aliphatic heterocycles. The molecule has 128 valence electrons. The minimum Gasteiger partial charge on any atom is -0.378 e. The van der Waals surface area contributed by atoms with E-state index < -0.39 is 0 Å². The molecule has 0 aliphatic carbocycles. The molecule has 3 aromatic carbocycles. The first-order chi connectivity index (χ1) is 12.7. The Hall–Kier alpha value is -2.91. The summed E-state index contributed by atoms with van der Waals surface area (Å²) in [5.74, 6) is 0. The highest BCUT2D eigenvalue weighted by Gasteiger charge is 2.16. The molecular formula is C23H20N2S. The summed E-state index contributed by atoms with van der Waals surface area (Å²) in [6.07, 6.45) is 0. The van der Waals surface area contributed by atoms with Crippen LogP contribution in [0.5, 0.6) is 0 Å². The molecule has 0 amide bonds. The van der Waals surface area contributed by atoms with E-state index in [1.807, 2.05) is 12.1 Å². The van der Waals surface area contributed by atoms with E-state index in [9.17, 15) is 0 Å². The van der Waals surface area contributed by atoms with Crippen molar-refractivity contribution in [3.8, 4) is 32.3 Å². The maximum absolute atomic E-state index is 5.01. The summed E-state index contributed by atoms with van der Waals surface area (Å²) in [4.78, 5) is 8.33. The van der Waals surface area contributed by atoms with Crippen LogP contribution in [0.2, 0.25) is 0 Å². The molecule has 1 heterocycles. The zero-order chi connectivity index (χ0) is 17.9. The predicted octanol–water partition coefficient (Wildman–Crippen LogP) is 6.21. The van der Waals surface area contributed by atoms with Crippen LogP contribution in [0.15, 0.2) is 84.9 Å². The topological polar surface area (TPSA) is 16.1 Å². The number of rotatable bonds is 4. The third-order valence-electron chi connectivity index (χ3n) is 4.34. The Kier molecular flexibility index (Phi) is 4.55. The van der Waals surface area contributed by atoms with E-state index in [0.717, 1.165) is 21.8 Å². The smallest absolute Gasteiger partial charge is 0.124 e. The van der Waals surface area contributed by atoms with Crippen molar-refractivity contribution in [3.05, 3.63) is 84.9 Å². The molecule has 0 saturated heterocycles. The van der Waals surface area contributed by atoms with E-state index >= 15 is 0 Å². The van der Waals surface area contributed by atoms with Gasteiger partial charge in [0.25, 0.3) is 0 Å². The van der Waals surface area contributed by atoms with Gasteiger partial charge in [0.05, 0.1) is 10.6 Å². The van der Waals surface area contributed by atoms with E-state index in [2.05, 4.69) is 91.8 Å². The van der Waals surface area contributed by atoms with Crippen LogP contribution < -0.4 is 4.90 Å². The van der Waals surface area contributed by atoms with Crippen molar-refractivity contribution >= 4 is 17.0 Å². The van der Waals surface area contributed by atoms with E-state index in [1.54, 1.807) is 11.3 Å². The van der Waals surface area contributed by atoms with Crippen LogP contribution >= 0.6 is 11.3 Å². The minimum atomic E-state index is 1.05. The number of benzene rings is 3.